The number of nitriles is 1. The van der Waals surface area contributed by atoms with Crippen LogP contribution in [-0.4, -0.2) is 19.7 Å². The largest absolute Gasteiger partial charge is 0.353 e. The molecule has 1 aromatic carbocycles. The number of benzene rings is 1. The first-order valence-electron chi connectivity index (χ1n) is 5.68. The fourth-order valence-corrected chi connectivity index (χ4v) is 2.06. The zero-order valence-corrected chi connectivity index (χ0v) is 11.5. The van der Waals surface area contributed by atoms with Gasteiger partial charge in [-0.3, -0.25) is 4.72 Å². The molecule has 20 heavy (non-hydrogen) atoms. The van der Waals surface area contributed by atoms with Gasteiger partial charge in [-0.15, -0.1) is 0 Å². The van der Waals surface area contributed by atoms with Gasteiger partial charge in [-0.05, 0) is 24.3 Å². The van der Waals surface area contributed by atoms with Gasteiger partial charge in [0.25, 0.3) is 0 Å². The maximum absolute atomic E-state index is 11.1. The van der Waals surface area contributed by atoms with Crippen molar-refractivity contribution in [2.75, 3.05) is 16.3 Å². The highest BCUT2D eigenvalue weighted by Gasteiger charge is 2.04. The van der Waals surface area contributed by atoms with Crippen LogP contribution in [0.3, 0.4) is 0 Å². The topological polar surface area (TPSA) is 94.9 Å². The van der Waals surface area contributed by atoms with E-state index in [2.05, 4.69) is 21.1 Å². The first-order chi connectivity index (χ1) is 9.48. The number of rotatable bonds is 4. The molecule has 102 valence electrons. The molecule has 0 unspecified atom stereocenters. The summed E-state index contributed by atoms with van der Waals surface area (Å²) in [5, 5.41) is 12.0. The number of pyridine rings is 1. The molecule has 1 heterocycles. The van der Waals surface area contributed by atoms with Crippen LogP contribution < -0.4 is 10.0 Å². The highest BCUT2D eigenvalue weighted by atomic mass is 32.2. The Bertz CT molecular complexity index is 749. The number of hydrogen-bond acceptors (Lipinski definition) is 5. The molecule has 0 aliphatic carbocycles. The first kappa shape index (κ1) is 13.8. The molecule has 0 bridgehead atoms. The predicted molar refractivity (Wildman–Crippen MR) is 77.1 cm³/mol. The molecule has 0 saturated heterocycles. The van der Waals surface area contributed by atoms with E-state index >= 15 is 0 Å². The molecular formula is C13H12N4O2S. The van der Waals surface area contributed by atoms with Crippen molar-refractivity contribution in [3.8, 4) is 6.07 Å². The van der Waals surface area contributed by atoms with Gasteiger partial charge in [0.15, 0.2) is 0 Å². The Labute approximate surface area is 117 Å². The summed E-state index contributed by atoms with van der Waals surface area (Å²) < 4.78 is 24.4. The Morgan fingerprint density at radius 3 is 2.55 bits per heavy atom. The zero-order valence-electron chi connectivity index (χ0n) is 10.7. The van der Waals surface area contributed by atoms with Gasteiger partial charge in [0.05, 0.1) is 29.4 Å². The van der Waals surface area contributed by atoms with Crippen LogP contribution in [0.1, 0.15) is 5.56 Å². The minimum absolute atomic E-state index is 0.242. The molecule has 0 fully saturated rings. The summed E-state index contributed by atoms with van der Waals surface area (Å²) in [7, 11) is -3.34. The maximum atomic E-state index is 11.1. The van der Waals surface area contributed by atoms with E-state index in [0.29, 0.717) is 16.9 Å². The fourth-order valence-electron chi connectivity index (χ4n) is 1.56. The van der Waals surface area contributed by atoms with Gasteiger partial charge in [0.2, 0.25) is 10.0 Å². The van der Waals surface area contributed by atoms with Crippen LogP contribution in [0.15, 0.2) is 42.6 Å². The molecular weight excluding hydrogens is 276 g/mol. The van der Waals surface area contributed by atoms with Crippen molar-refractivity contribution in [3.05, 3.63) is 48.2 Å². The maximum Gasteiger partial charge on any atom is 0.230 e. The summed E-state index contributed by atoms with van der Waals surface area (Å²) >= 11 is 0. The number of aromatic nitrogens is 1. The summed E-state index contributed by atoms with van der Waals surface area (Å²) in [6, 6.07) is 12.4. The van der Waals surface area contributed by atoms with Crippen LogP contribution in [-0.2, 0) is 10.0 Å². The first-order valence-corrected chi connectivity index (χ1v) is 7.57. The third-order valence-electron chi connectivity index (χ3n) is 2.38. The Balaban J connectivity index is 2.17. The van der Waals surface area contributed by atoms with Crippen molar-refractivity contribution in [1.29, 1.82) is 5.26 Å². The molecule has 0 saturated carbocycles. The molecule has 7 heteroatoms. The average molecular weight is 288 g/mol. The molecule has 2 aromatic rings. The van der Waals surface area contributed by atoms with Crippen molar-refractivity contribution in [3.63, 3.8) is 0 Å². The molecule has 0 spiro atoms. The number of anilines is 3. The monoisotopic (exact) mass is 288 g/mol. The normalized spacial score (nSPS) is 10.6. The molecule has 2 rings (SSSR count). The van der Waals surface area contributed by atoms with Crippen LogP contribution in [0.25, 0.3) is 0 Å². The van der Waals surface area contributed by atoms with E-state index in [1.807, 2.05) is 6.07 Å². The van der Waals surface area contributed by atoms with Crippen molar-refractivity contribution >= 4 is 27.2 Å². The van der Waals surface area contributed by atoms with Crippen LogP contribution in [0, 0.1) is 11.3 Å². The predicted octanol–water partition coefficient (Wildman–Crippen LogP) is 2.07. The van der Waals surface area contributed by atoms with E-state index in [4.69, 9.17) is 5.26 Å². The summed E-state index contributed by atoms with van der Waals surface area (Å²) in [5.74, 6) is 0.242. The smallest absolute Gasteiger partial charge is 0.230 e. The lowest BCUT2D eigenvalue weighted by molar-refractivity contribution is 0.606. The van der Waals surface area contributed by atoms with Crippen LogP contribution in [0.4, 0.5) is 17.2 Å². The lowest BCUT2D eigenvalue weighted by Gasteiger charge is -2.08. The zero-order chi connectivity index (χ0) is 14.6. The summed E-state index contributed by atoms with van der Waals surface area (Å²) in [4.78, 5) is 3.98. The molecule has 6 nitrogen and oxygen atoms in total. The van der Waals surface area contributed by atoms with Gasteiger partial charge >= 0.3 is 0 Å². The average Bonchev–Trinajstić information content (AvgIpc) is 2.40. The van der Waals surface area contributed by atoms with Gasteiger partial charge in [-0.1, -0.05) is 12.1 Å². The summed E-state index contributed by atoms with van der Waals surface area (Å²) in [5.41, 5.74) is 1.85. The Morgan fingerprint density at radius 2 is 1.95 bits per heavy atom. The third-order valence-corrected chi connectivity index (χ3v) is 2.96. The molecule has 2 N–H and O–H groups in total. The highest BCUT2D eigenvalue weighted by molar-refractivity contribution is 7.92. The van der Waals surface area contributed by atoms with Crippen LogP contribution in [0.2, 0.25) is 0 Å². The molecule has 0 aliphatic heterocycles. The van der Waals surface area contributed by atoms with E-state index < -0.39 is 10.0 Å². The second kappa shape index (κ2) is 5.59. The van der Waals surface area contributed by atoms with E-state index in [1.165, 1.54) is 6.20 Å². The van der Waals surface area contributed by atoms with E-state index in [-0.39, 0.29) is 5.82 Å². The molecule has 0 amide bonds. The fraction of sp³-hybridized carbons (Fsp3) is 0.0769. The Kier molecular flexibility index (Phi) is 3.86. The third kappa shape index (κ3) is 3.70. The van der Waals surface area contributed by atoms with Gasteiger partial charge < -0.3 is 5.32 Å². The van der Waals surface area contributed by atoms with E-state index in [9.17, 15) is 8.42 Å². The molecule has 0 aliphatic rings. The minimum Gasteiger partial charge on any atom is -0.353 e. The quantitative estimate of drug-likeness (QED) is 0.898. The van der Waals surface area contributed by atoms with Gasteiger partial charge in [0, 0.05) is 0 Å². The molecule has 0 atom stereocenters. The van der Waals surface area contributed by atoms with Crippen LogP contribution >= 0.6 is 0 Å². The van der Waals surface area contributed by atoms with Crippen molar-refractivity contribution < 1.29 is 8.42 Å². The number of para-hydroxylation sites is 1. The lowest BCUT2D eigenvalue weighted by Crippen LogP contribution is -2.10. The van der Waals surface area contributed by atoms with Crippen molar-refractivity contribution in [2.24, 2.45) is 0 Å². The SMILES string of the molecule is CS(=O)(=O)Nc1ccc(Nc2ccccc2C#N)cn1. The van der Waals surface area contributed by atoms with Gasteiger partial charge in [-0.2, -0.15) is 5.26 Å². The van der Waals surface area contributed by atoms with Gasteiger partial charge in [-0.25, -0.2) is 13.4 Å². The second-order valence-corrected chi connectivity index (χ2v) is 5.84. The standard InChI is InChI=1S/C13H12N4O2S/c1-20(18,19)17-13-7-6-11(9-15-13)16-12-5-3-2-4-10(12)8-14/h2-7,9,16H,1H3,(H,15,17). The Hall–Kier alpha value is -2.59. The number of nitrogens with zero attached hydrogens (tertiary/aromatic N) is 2. The molecule has 0 radical (unpaired) electrons. The van der Waals surface area contributed by atoms with Crippen molar-refractivity contribution in [2.45, 2.75) is 0 Å². The van der Waals surface area contributed by atoms with E-state index in [1.54, 1.807) is 30.3 Å². The van der Waals surface area contributed by atoms with E-state index in [0.717, 1.165) is 6.26 Å². The lowest BCUT2D eigenvalue weighted by atomic mass is 10.2. The van der Waals surface area contributed by atoms with Gasteiger partial charge in [0.1, 0.15) is 11.9 Å². The Morgan fingerprint density at radius 1 is 1.20 bits per heavy atom. The second-order valence-electron chi connectivity index (χ2n) is 4.09. The van der Waals surface area contributed by atoms with Crippen LogP contribution in [0.5, 0.6) is 0 Å². The summed E-state index contributed by atoms with van der Waals surface area (Å²) in [6.07, 6.45) is 2.55. The summed E-state index contributed by atoms with van der Waals surface area (Å²) in [6.45, 7) is 0. The van der Waals surface area contributed by atoms with Crippen molar-refractivity contribution in [1.82, 2.24) is 4.98 Å². The molecule has 1 aromatic heterocycles. The number of hydrogen-bond donors (Lipinski definition) is 2. The number of nitrogens with one attached hydrogen (secondary N) is 2. The minimum atomic E-state index is -3.34. The number of sulfonamides is 1. The highest BCUT2D eigenvalue weighted by Crippen LogP contribution is 2.20.